The molecule has 3 nitrogen and oxygen atoms in total. The van der Waals surface area contributed by atoms with Gasteiger partial charge in [-0.15, -0.1) is 0 Å². The van der Waals surface area contributed by atoms with Gasteiger partial charge in [0.2, 0.25) is 5.91 Å². The van der Waals surface area contributed by atoms with Crippen molar-refractivity contribution in [3.05, 3.63) is 54.1 Å². The van der Waals surface area contributed by atoms with Crippen LogP contribution in [0.1, 0.15) is 10.4 Å². The predicted molar refractivity (Wildman–Crippen MR) is 83.1 cm³/mol. The van der Waals surface area contributed by atoms with Gasteiger partial charge in [-0.05, 0) is 39.1 Å². The van der Waals surface area contributed by atoms with E-state index in [1.807, 2.05) is 48.5 Å². The Morgan fingerprint density at radius 2 is 1.60 bits per heavy atom. The maximum Gasteiger partial charge on any atom is 0.249 e. The van der Waals surface area contributed by atoms with Crippen molar-refractivity contribution < 1.29 is 4.79 Å². The average molecular weight is 260 g/mol. The highest BCUT2D eigenvalue weighted by Crippen LogP contribution is 2.38. The van der Waals surface area contributed by atoms with Gasteiger partial charge in [-0.25, -0.2) is 0 Å². The molecule has 4 rings (SSSR count). The fourth-order valence-corrected chi connectivity index (χ4v) is 3.05. The van der Waals surface area contributed by atoms with E-state index in [9.17, 15) is 4.79 Å². The Labute approximate surface area is 115 Å². The second kappa shape index (κ2) is 3.61. The normalized spacial score (nSPS) is 11.6. The van der Waals surface area contributed by atoms with Crippen molar-refractivity contribution in [1.82, 2.24) is 0 Å². The predicted octanol–water partition coefficient (Wildman–Crippen LogP) is 3.27. The lowest BCUT2D eigenvalue weighted by Gasteiger charge is -2.14. The maximum absolute atomic E-state index is 11.7. The maximum atomic E-state index is 11.7. The van der Waals surface area contributed by atoms with Crippen molar-refractivity contribution in [3.63, 3.8) is 0 Å². The molecule has 0 aliphatic carbocycles. The molecule has 0 saturated carbocycles. The lowest BCUT2D eigenvalue weighted by Crippen LogP contribution is -2.11. The highest BCUT2D eigenvalue weighted by atomic mass is 16.1. The molecular formula is C17H12N2O. The molecular weight excluding hydrogens is 248 g/mol. The molecule has 4 aromatic carbocycles. The molecule has 3 heteroatoms. The first-order valence-corrected chi connectivity index (χ1v) is 6.42. The van der Waals surface area contributed by atoms with Crippen LogP contribution in [0.3, 0.4) is 0 Å². The Balaban J connectivity index is 2.42. The first kappa shape index (κ1) is 11.1. The highest BCUT2D eigenvalue weighted by Gasteiger charge is 2.15. The second-order valence-electron chi connectivity index (χ2n) is 5.06. The third-order valence-corrected chi connectivity index (χ3v) is 3.94. The van der Waals surface area contributed by atoms with Gasteiger partial charge in [0.1, 0.15) is 0 Å². The van der Waals surface area contributed by atoms with Crippen LogP contribution >= 0.6 is 0 Å². The van der Waals surface area contributed by atoms with Crippen LogP contribution in [0.15, 0.2) is 48.5 Å². The van der Waals surface area contributed by atoms with Gasteiger partial charge in [0.25, 0.3) is 0 Å². The molecule has 0 heterocycles. The minimum absolute atomic E-state index is 0.406. The fourth-order valence-electron chi connectivity index (χ4n) is 3.05. The monoisotopic (exact) mass is 260 g/mol. The van der Waals surface area contributed by atoms with Crippen LogP contribution in [-0.4, -0.2) is 5.91 Å². The van der Waals surface area contributed by atoms with Crippen molar-refractivity contribution in [2.24, 2.45) is 5.73 Å². The van der Waals surface area contributed by atoms with Crippen LogP contribution < -0.4 is 11.5 Å². The van der Waals surface area contributed by atoms with E-state index in [4.69, 9.17) is 11.5 Å². The molecule has 20 heavy (non-hydrogen) atoms. The number of carbonyl (C=O) groups excluding carboxylic acids is 1. The second-order valence-corrected chi connectivity index (χ2v) is 5.06. The van der Waals surface area contributed by atoms with E-state index < -0.39 is 5.91 Å². The summed E-state index contributed by atoms with van der Waals surface area (Å²) in [7, 11) is 0. The van der Waals surface area contributed by atoms with Gasteiger partial charge in [-0.3, -0.25) is 4.79 Å². The summed E-state index contributed by atoms with van der Waals surface area (Å²) in [6, 6.07) is 15.6. The molecule has 0 radical (unpaired) electrons. The minimum Gasteiger partial charge on any atom is -0.398 e. The standard InChI is InChI=1S/C17H12N2O/c18-14-7-5-10-8-13(17(19)20)11-3-1-2-9-4-6-12(14)16(10)15(9)11/h1-8H,18H2,(H2,19,20). The van der Waals surface area contributed by atoms with Crippen LogP contribution in [0.2, 0.25) is 0 Å². The number of hydrogen-bond acceptors (Lipinski definition) is 2. The topological polar surface area (TPSA) is 69.1 Å². The Hall–Kier alpha value is -2.81. The number of anilines is 1. The summed E-state index contributed by atoms with van der Waals surface area (Å²) in [4.78, 5) is 11.7. The molecule has 0 aliphatic rings. The summed E-state index contributed by atoms with van der Waals surface area (Å²) in [5.74, 6) is -0.406. The third-order valence-electron chi connectivity index (χ3n) is 3.94. The van der Waals surface area contributed by atoms with E-state index in [0.717, 1.165) is 38.0 Å². The summed E-state index contributed by atoms with van der Waals surface area (Å²) >= 11 is 0. The molecule has 0 aromatic heterocycles. The lowest BCUT2D eigenvalue weighted by atomic mass is 9.90. The average Bonchev–Trinajstić information content (AvgIpc) is 2.46. The van der Waals surface area contributed by atoms with Crippen LogP contribution in [0.25, 0.3) is 32.3 Å². The van der Waals surface area contributed by atoms with E-state index in [1.165, 1.54) is 0 Å². The van der Waals surface area contributed by atoms with Gasteiger partial charge in [-0.2, -0.15) is 0 Å². The van der Waals surface area contributed by atoms with Crippen molar-refractivity contribution in [3.8, 4) is 0 Å². The quantitative estimate of drug-likeness (QED) is 0.407. The summed E-state index contributed by atoms with van der Waals surface area (Å²) in [6.45, 7) is 0. The number of rotatable bonds is 1. The van der Waals surface area contributed by atoms with Crippen molar-refractivity contribution >= 4 is 43.9 Å². The number of carbonyl (C=O) groups is 1. The summed E-state index contributed by atoms with van der Waals surface area (Å²) in [6.07, 6.45) is 0. The van der Waals surface area contributed by atoms with E-state index in [0.29, 0.717) is 5.56 Å². The summed E-state index contributed by atoms with van der Waals surface area (Å²) < 4.78 is 0. The SMILES string of the molecule is NC(=O)c1cc2ccc(N)c3ccc4cccc1c4c23. The minimum atomic E-state index is -0.406. The molecule has 96 valence electrons. The van der Waals surface area contributed by atoms with Gasteiger partial charge in [0, 0.05) is 16.6 Å². The molecule has 1 amide bonds. The molecule has 4 aromatic rings. The molecule has 0 spiro atoms. The van der Waals surface area contributed by atoms with E-state index in [-0.39, 0.29) is 0 Å². The van der Waals surface area contributed by atoms with Gasteiger partial charge in [0.05, 0.1) is 0 Å². The number of nitrogen functional groups attached to an aromatic ring is 1. The molecule has 0 aliphatic heterocycles. The van der Waals surface area contributed by atoms with E-state index in [1.54, 1.807) is 0 Å². The van der Waals surface area contributed by atoms with Gasteiger partial charge >= 0.3 is 0 Å². The van der Waals surface area contributed by atoms with Crippen LogP contribution in [0.4, 0.5) is 5.69 Å². The van der Waals surface area contributed by atoms with Crippen LogP contribution in [0.5, 0.6) is 0 Å². The first-order chi connectivity index (χ1) is 9.66. The van der Waals surface area contributed by atoms with Gasteiger partial charge in [-0.1, -0.05) is 36.4 Å². The zero-order chi connectivity index (χ0) is 13.9. The van der Waals surface area contributed by atoms with Gasteiger partial charge in [0.15, 0.2) is 0 Å². The zero-order valence-corrected chi connectivity index (χ0v) is 10.7. The highest BCUT2D eigenvalue weighted by molar-refractivity contribution is 6.28. The third kappa shape index (κ3) is 1.26. The molecule has 0 bridgehead atoms. The number of amides is 1. The lowest BCUT2D eigenvalue weighted by molar-refractivity contribution is 0.100. The Bertz CT molecular complexity index is 988. The Morgan fingerprint density at radius 1 is 0.850 bits per heavy atom. The number of hydrogen-bond donors (Lipinski definition) is 2. The molecule has 0 fully saturated rings. The molecule has 0 atom stereocenters. The van der Waals surface area contributed by atoms with Crippen molar-refractivity contribution in [2.75, 3.05) is 5.73 Å². The van der Waals surface area contributed by atoms with Crippen molar-refractivity contribution in [1.29, 1.82) is 0 Å². The van der Waals surface area contributed by atoms with E-state index in [2.05, 4.69) is 0 Å². The van der Waals surface area contributed by atoms with Crippen molar-refractivity contribution in [2.45, 2.75) is 0 Å². The summed E-state index contributed by atoms with van der Waals surface area (Å²) in [5, 5.41) is 6.15. The summed E-state index contributed by atoms with van der Waals surface area (Å²) in [5.41, 5.74) is 12.9. The number of primary amides is 1. The fraction of sp³-hybridized carbons (Fsp3) is 0. The molecule has 0 unspecified atom stereocenters. The Morgan fingerprint density at radius 3 is 2.40 bits per heavy atom. The first-order valence-electron chi connectivity index (χ1n) is 6.42. The van der Waals surface area contributed by atoms with E-state index >= 15 is 0 Å². The number of nitrogens with two attached hydrogens (primary N) is 2. The van der Waals surface area contributed by atoms with Gasteiger partial charge < -0.3 is 11.5 Å². The number of benzene rings is 4. The smallest absolute Gasteiger partial charge is 0.249 e. The van der Waals surface area contributed by atoms with Crippen LogP contribution in [0, 0.1) is 0 Å². The zero-order valence-electron chi connectivity index (χ0n) is 10.7. The molecule has 4 N–H and O–H groups in total. The van der Waals surface area contributed by atoms with Crippen LogP contribution in [-0.2, 0) is 0 Å². The Kier molecular flexibility index (Phi) is 1.99. The largest absolute Gasteiger partial charge is 0.398 e. The molecule has 0 saturated heterocycles.